The molecular weight excluding hydrogens is 324 g/mol. The van der Waals surface area contributed by atoms with Crippen LogP contribution in [0.1, 0.15) is 23.0 Å². The van der Waals surface area contributed by atoms with Crippen molar-refractivity contribution in [1.82, 2.24) is 20.1 Å². The van der Waals surface area contributed by atoms with E-state index in [1.54, 1.807) is 35.1 Å². The molecule has 3 aromatic rings. The van der Waals surface area contributed by atoms with Gasteiger partial charge in [0.2, 0.25) is 5.13 Å². The van der Waals surface area contributed by atoms with Crippen LogP contribution in [0, 0.1) is 0 Å². The van der Waals surface area contributed by atoms with E-state index in [-0.39, 0.29) is 5.91 Å². The number of carbonyl (C=O) groups is 1. The van der Waals surface area contributed by atoms with Crippen molar-refractivity contribution in [2.45, 2.75) is 13.3 Å². The van der Waals surface area contributed by atoms with Crippen molar-refractivity contribution in [2.75, 3.05) is 13.2 Å². The molecule has 0 spiro atoms. The second-order valence-corrected chi connectivity index (χ2v) is 5.87. The summed E-state index contributed by atoms with van der Waals surface area (Å²) in [6.07, 6.45) is 4.26. The summed E-state index contributed by atoms with van der Waals surface area (Å²) >= 11 is 1.53. The van der Waals surface area contributed by atoms with Crippen LogP contribution in [-0.2, 0) is 6.42 Å². The number of amides is 1. The molecule has 2 heterocycles. The molecule has 7 heteroatoms. The highest BCUT2D eigenvalue weighted by Crippen LogP contribution is 2.14. The zero-order valence-electron chi connectivity index (χ0n) is 13.3. The van der Waals surface area contributed by atoms with E-state index in [9.17, 15) is 4.79 Å². The van der Waals surface area contributed by atoms with Gasteiger partial charge >= 0.3 is 0 Å². The van der Waals surface area contributed by atoms with Crippen LogP contribution in [0.3, 0.4) is 0 Å². The highest BCUT2D eigenvalue weighted by Gasteiger charge is 2.07. The van der Waals surface area contributed by atoms with E-state index >= 15 is 0 Å². The van der Waals surface area contributed by atoms with Gasteiger partial charge in [0.05, 0.1) is 12.3 Å². The van der Waals surface area contributed by atoms with Gasteiger partial charge in [0, 0.05) is 36.3 Å². The summed E-state index contributed by atoms with van der Waals surface area (Å²) in [6, 6.07) is 8.99. The molecule has 2 aromatic heterocycles. The number of carbonyl (C=O) groups excluding carboxylic acids is 1. The summed E-state index contributed by atoms with van der Waals surface area (Å²) in [5, 5.41) is 9.87. The average Bonchev–Trinajstić information content (AvgIpc) is 3.27. The van der Waals surface area contributed by atoms with Crippen molar-refractivity contribution >= 4 is 17.2 Å². The van der Waals surface area contributed by atoms with E-state index in [2.05, 4.69) is 15.4 Å². The first-order chi connectivity index (χ1) is 11.8. The average molecular weight is 342 g/mol. The fourth-order valence-electron chi connectivity index (χ4n) is 2.17. The maximum atomic E-state index is 12.1. The standard InChI is InChI=1S/C17H18N4O2S/c1-2-23-15-6-4-13(5-7-15)16(22)18-10-8-14-12-24-17(20-14)21-11-3-9-19-21/h3-7,9,11-12H,2,8,10H2,1H3,(H,18,22). The van der Waals surface area contributed by atoms with Gasteiger partial charge in [-0.05, 0) is 37.3 Å². The first-order valence-electron chi connectivity index (χ1n) is 7.71. The number of ether oxygens (including phenoxy) is 1. The molecule has 0 fully saturated rings. The number of thiazole rings is 1. The largest absolute Gasteiger partial charge is 0.494 e. The van der Waals surface area contributed by atoms with E-state index in [0.717, 1.165) is 16.6 Å². The predicted octanol–water partition coefficient (Wildman–Crippen LogP) is 2.70. The van der Waals surface area contributed by atoms with E-state index < -0.39 is 0 Å². The Morgan fingerprint density at radius 2 is 2.17 bits per heavy atom. The molecule has 0 unspecified atom stereocenters. The Morgan fingerprint density at radius 1 is 1.33 bits per heavy atom. The van der Waals surface area contributed by atoms with Gasteiger partial charge in [0.15, 0.2) is 0 Å². The molecule has 1 amide bonds. The number of hydrogen-bond donors (Lipinski definition) is 1. The molecule has 0 aliphatic carbocycles. The lowest BCUT2D eigenvalue weighted by atomic mass is 10.2. The molecule has 0 saturated carbocycles. The van der Waals surface area contributed by atoms with Crippen LogP contribution >= 0.6 is 11.3 Å². The van der Waals surface area contributed by atoms with Crippen LogP contribution in [0.15, 0.2) is 48.1 Å². The molecule has 1 aromatic carbocycles. The van der Waals surface area contributed by atoms with Gasteiger partial charge in [0.25, 0.3) is 5.91 Å². The summed E-state index contributed by atoms with van der Waals surface area (Å²) in [7, 11) is 0. The van der Waals surface area contributed by atoms with E-state index in [4.69, 9.17) is 4.74 Å². The van der Waals surface area contributed by atoms with Gasteiger partial charge in [-0.3, -0.25) is 4.79 Å². The molecule has 1 N–H and O–H groups in total. The minimum atomic E-state index is -0.0967. The maximum Gasteiger partial charge on any atom is 0.251 e. The van der Waals surface area contributed by atoms with Crippen molar-refractivity contribution in [3.8, 4) is 10.9 Å². The second-order valence-electron chi connectivity index (χ2n) is 5.04. The van der Waals surface area contributed by atoms with Crippen molar-refractivity contribution < 1.29 is 9.53 Å². The zero-order chi connectivity index (χ0) is 16.8. The lowest BCUT2D eigenvalue weighted by molar-refractivity contribution is 0.0954. The third-order valence-electron chi connectivity index (χ3n) is 3.33. The Morgan fingerprint density at radius 3 is 2.88 bits per heavy atom. The van der Waals surface area contributed by atoms with E-state index in [1.807, 2.05) is 24.6 Å². The molecule has 0 aliphatic rings. The summed E-state index contributed by atoms with van der Waals surface area (Å²) in [5.74, 6) is 0.670. The molecule has 0 bridgehead atoms. The normalized spacial score (nSPS) is 10.5. The molecule has 0 atom stereocenters. The number of nitrogens with one attached hydrogen (secondary N) is 1. The molecule has 3 rings (SSSR count). The zero-order valence-corrected chi connectivity index (χ0v) is 14.1. The lowest BCUT2D eigenvalue weighted by Gasteiger charge is -2.06. The molecule has 24 heavy (non-hydrogen) atoms. The Bertz CT molecular complexity index is 781. The van der Waals surface area contributed by atoms with Gasteiger partial charge in [0.1, 0.15) is 5.75 Å². The van der Waals surface area contributed by atoms with Gasteiger partial charge in [-0.2, -0.15) is 5.10 Å². The summed E-state index contributed by atoms with van der Waals surface area (Å²) < 4.78 is 7.10. The fraction of sp³-hybridized carbons (Fsp3) is 0.235. The van der Waals surface area contributed by atoms with Crippen LogP contribution in [0.25, 0.3) is 5.13 Å². The van der Waals surface area contributed by atoms with Crippen LogP contribution in [-0.4, -0.2) is 33.8 Å². The molecule has 0 saturated heterocycles. The van der Waals surface area contributed by atoms with Gasteiger partial charge in [-0.25, -0.2) is 9.67 Å². The number of benzene rings is 1. The molecule has 0 aliphatic heterocycles. The summed E-state index contributed by atoms with van der Waals surface area (Å²) in [6.45, 7) is 3.07. The van der Waals surface area contributed by atoms with Gasteiger partial charge in [-0.1, -0.05) is 0 Å². The van der Waals surface area contributed by atoms with Crippen LogP contribution in [0.5, 0.6) is 5.75 Å². The number of hydrogen-bond acceptors (Lipinski definition) is 5. The van der Waals surface area contributed by atoms with Gasteiger partial charge < -0.3 is 10.1 Å². The van der Waals surface area contributed by atoms with Crippen LogP contribution in [0.2, 0.25) is 0 Å². The minimum absolute atomic E-state index is 0.0967. The van der Waals surface area contributed by atoms with Crippen molar-refractivity contribution in [3.63, 3.8) is 0 Å². The maximum absolute atomic E-state index is 12.1. The van der Waals surface area contributed by atoms with Gasteiger partial charge in [-0.15, -0.1) is 11.3 Å². The Hall–Kier alpha value is -2.67. The fourth-order valence-corrected chi connectivity index (χ4v) is 2.97. The third kappa shape index (κ3) is 3.99. The topological polar surface area (TPSA) is 69.0 Å². The number of aromatic nitrogens is 3. The van der Waals surface area contributed by atoms with E-state index in [1.165, 1.54) is 11.3 Å². The van der Waals surface area contributed by atoms with Crippen molar-refractivity contribution in [1.29, 1.82) is 0 Å². The molecule has 0 radical (unpaired) electrons. The smallest absolute Gasteiger partial charge is 0.251 e. The van der Waals surface area contributed by atoms with Crippen molar-refractivity contribution in [2.24, 2.45) is 0 Å². The summed E-state index contributed by atoms with van der Waals surface area (Å²) in [5.41, 5.74) is 1.56. The Balaban J connectivity index is 1.50. The first kappa shape index (κ1) is 16.2. The highest BCUT2D eigenvalue weighted by molar-refractivity contribution is 7.12. The molecule has 6 nitrogen and oxygen atoms in total. The highest BCUT2D eigenvalue weighted by atomic mass is 32.1. The summed E-state index contributed by atoms with van der Waals surface area (Å²) in [4.78, 5) is 16.6. The van der Waals surface area contributed by atoms with E-state index in [0.29, 0.717) is 25.1 Å². The second kappa shape index (κ2) is 7.74. The van der Waals surface area contributed by atoms with Crippen LogP contribution < -0.4 is 10.1 Å². The molecule has 124 valence electrons. The predicted molar refractivity (Wildman–Crippen MR) is 92.9 cm³/mol. The van der Waals surface area contributed by atoms with Crippen LogP contribution in [0.4, 0.5) is 0 Å². The quantitative estimate of drug-likeness (QED) is 0.717. The lowest BCUT2D eigenvalue weighted by Crippen LogP contribution is -2.25. The number of nitrogens with zero attached hydrogens (tertiary/aromatic N) is 3. The molecular formula is C17H18N4O2S. The SMILES string of the molecule is CCOc1ccc(C(=O)NCCc2csc(-n3cccn3)n2)cc1. The third-order valence-corrected chi connectivity index (χ3v) is 4.21. The number of rotatable bonds is 7. The Kier molecular flexibility index (Phi) is 5.22. The first-order valence-corrected chi connectivity index (χ1v) is 8.59. The minimum Gasteiger partial charge on any atom is -0.494 e. The van der Waals surface area contributed by atoms with Crippen molar-refractivity contribution in [3.05, 3.63) is 59.4 Å². The monoisotopic (exact) mass is 342 g/mol. The Labute approximate surface area is 144 Å².